The maximum absolute atomic E-state index is 14.9. The van der Waals surface area contributed by atoms with Crippen molar-refractivity contribution < 1.29 is 42.2 Å². The maximum Gasteiger partial charge on any atom is 0.287 e. The quantitative estimate of drug-likeness (QED) is 0.206. The van der Waals surface area contributed by atoms with Crippen molar-refractivity contribution in [3.63, 3.8) is 0 Å². The van der Waals surface area contributed by atoms with Crippen molar-refractivity contribution in [1.29, 1.82) is 0 Å². The minimum Gasteiger partial charge on any atom is -0.384 e. The summed E-state index contributed by atoms with van der Waals surface area (Å²) in [5.41, 5.74) is 3.10. The van der Waals surface area contributed by atoms with Crippen LogP contribution in [-0.4, -0.2) is 129 Å². The number of sulfonamides is 1. The number of likely N-dealkylation sites (tertiary alicyclic amines) is 1. The van der Waals surface area contributed by atoms with Gasteiger partial charge in [-0.2, -0.15) is 16.1 Å². The molecule has 1 saturated carbocycles. The van der Waals surface area contributed by atoms with E-state index in [-0.39, 0.29) is 55.3 Å². The molecule has 306 valence electrons. The number of hydrogen-bond donors (Lipinski definition) is 4. The monoisotopic (exact) mass is 816 g/mol. The van der Waals surface area contributed by atoms with Crippen LogP contribution in [0.2, 0.25) is 0 Å². The first-order valence-corrected chi connectivity index (χ1v) is 21.9. The summed E-state index contributed by atoms with van der Waals surface area (Å²) in [7, 11) is -3.80. The molecule has 0 radical (unpaired) electrons. The lowest BCUT2D eigenvalue weighted by atomic mass is 9.84. The fourth-order valence-corrected chi connectivity index (χ4v) is 10.8. The number of ketones is 1. The Morgan fingerprint density at radius 1 is 1.05 bits per heavy atom. The van der Waals surface area contributed by atoms with Crippen LogP contribution in [0.1, 0.15) is 93.7 Å². The lowest BCUT2D eigenvalue weighted by Gasteiger charge is -2.37. The fraction of sp³-hybridized carbons (Fsp3) is 0.649. The third-order valence-electron chi connectivity index (χ3n) is 11.4. The number of aliphatic hydroxyl groups is 1. The predicted molar refractivity (Wildman–Crippen MR) is 205 cm³/mol. The summed E-state index contributed by atoms with van der Waals surface area (Å²) in [6, 6.07) is 2.74. The van der Waals surface area contributed by atoms with Crippen LogP contribution in [-0.2, 0) is 39.5 Å². The highest BCUT2D eigenvalue weighted by Gasteiger charge is 2.49. The SMILES string of the molecule is CC(C)(O)c1cnnn1C1CC(C(=O)NC2(C(=O)C(N)=O)CCSCC2)N(C(=O)[C@@H](CC2CCCCC2)NC(=O)c2ccc(S(=O)(=O)N3CCOCC3)cc2)C1. The smallest absolute Gasteiger partial charge is 0.287 e. The molecule has 5 N–H and O–H groups in total. The van der Waals surface area contributed by atoms with Crippen LogP contribution < -0.4 is 16.4 Å². The first kappa shape index (κ1) is 41.7. The summed E-state index contributed by atoms with van der Waals surface area (Å²) < 4.78 is 34.5. The Morgan fingerprint density at radius 3 is 2.34 bits per heavy atom. The van der Waals surface area contributed by atoms with Gasteiger partial charge in [0.25, 0.3) is 11.8 Å². The van der Waals surface area contributed by atoms with Gasteiger partial charge in [0, 0.05) is 31.6 Å². The highest BCUT2D eigenvalue weighted by Crippen LogP contribution is 2.35. The molecule has 3 aliphatic heterocycles. The molecule has 0 spiro atoms. The number of nitrogens with one attached hydrogen (secondary N) is 2. The second kappa shape index (κ2) is 17.3. The van der Waals surface area contributed by atoms with E-state index >= 15 is 0 Å². The number of carbonyl (C=O) groups excluding carboxylic acids is 5. The number of thioether (sulfide) groups is 1. The number of rotatable bonds is 13. The lowest BCUT2D eigenvalue weighted by molar-refractivity contribution is -0.145. The van der Waals surface area contributed by atoms with Gasteiger partial charge < -0.3 is 31.1 Å². The molecule has 0 bridgehead atoms. The van der Waals surface area contributed by atoms with Gasteiger partial charge in [-0.1, -0.05) is 37.3 Å². The number of nitrogens with two attached hydrogens (primary N) is 1. The Hall–Kier alpha value is -3.91. The fourth-order valence-electron chi connectivity index (χ4n) is 8.25. The van der Waals surface area contributed by atoms with E-state index in [1.807, 2.05) is 0 Å². The molecule has 4 aliphatic rings. The van der Waals surface area contributed by atoms with Gasteiger partial charge >= 0.3 is 0 Å². The predicted octanol–water partition coefficient (Wildman–Crippen LogP) is 0.874. The molecule has 17 nitrogen and oxygen atoms in total. The molecule has 4 fully saturated rings. The van der Waals surface area contributed by atoms with E-state index in [4.69, 9.17) is 10.5 Å². The van der Waals surface area contributed by atoms with Gasteiger partial charge in [-0.3, -0.25) is 24.0 Å². The third kappa shape index (κ3) is 9.11. The number of Topliss-reactive ketones (excluding diaryl/α,β-unsaturated/α-hetero) is 1. The summed E-state index contributed by atoms with van der Waals surface area (Å²) in [5, 5.41) is 24.9. The molecule has 1 aromatic carbocycles. The number of benzene rings is 1. The number of carbonyl (C=O) groups is 5. The van der Waals surface area contributed by atoms with E-state index in [1.54, 1.807) is 25.6 Å². The largest absolute Gasteiger partial charge is 0.384 e. The number of hydrogen-bond acceptors (Lipinski definition) is 12. The van der Waals surface area contributed by atoms with Crippen molar-refractivity contribution in [2.24, 2.45) is 11.7 Å². The average molecular weight is 817 g/mol. The van der Waals surface area contributed by atoms with Crippen LogP contribution >= 0.6 is 11.8 Å². The van der Waals surface area contributed by atoms with E-state index < -0.39 is 68.7 Å². The molecular weight excluding hydrogens is 765 g/mol. The number of primary amides is 1. The van der Waals surface area contributed by atoms with Gasteiger partial charge in [-0.25, -0.2) is 13.1 Å². The number of ether oxygens (including phenoxy) is 1. The minimum absolute atomic E-state index is 0.0267. The van der Waals surface area contributed by atoms with E-state index in [0.29, 0.717) is 36.8 Å². The van der Waals surface area contributed by atoms with Crippen molar-refractivity contribution in [3.8, 4) is 0 Å². The summed E-state index contributed by atoms with van der Waals surface area (Å²) in [5.74, 6) is -2.66. The van der Waals surface area contributed by atoms with Crippen LogP contribution in [0.15, 0.2) is 35.4 Å². The van der Waals surface area contributed by atoms with Gasteiger partial charge in [0.1, 0.15) is 23.2 Å². The zero-order valence-corrected chi connectivity index (χ0v) is 33.5. The van der Waals surface area contributed by atoms with Crippen molar-refractivity contribution in [1.82, 2.24) is 34.8 Å². The van der Waals surface area contributed by atoms with E-state index in [9.17, 15) is 37.5 Å². The minimum atomic E-state index is -3.80. The number of amides is 4. The van der Waals surface area contributed by atoms with Gasteiger partial charge in [0.15, 0.2) is 0 Å². The summed E-state index contributed by atoms with van der Waals surface area (Å²) in [6.07, 6.45) is 6.92. The van der Waals surface area contributed by atoms with Crippen LogP contribution in [0.5, 0.6) is 0 Å². The van der Waals surface area contributed by atoms with Gasteiger partial charge in [-0.05, 0) is 74.8 Å². The topological polar surface area (TPSA) is 236 Å². The molecule has 3 saturated heterocycles. The van der Waals surface area contributed by atoms with E-state index in [2.05, 4.69) is 20.9 Å². The molecule has 2 unspecified atom stereocenters. The van der Waals surface area contributed by atoms with Crippen LogP contribution in [0.4, 0.5) is 0 Å². The number of morpholine rings is 1. The lowest BCUT2D eigenvalue weighted by Crippen LogP contribution is -2.63. The van der Waals surface area contributed by atoms with Crippen molar-refractivity contribution in [2.75, 3.05) is 44.4 Å². The van der Waals surface area contributed by atoms with Gasteiger partial charge in [-0.15, -0.1) is 5.10 Å². The number of nitrogens with zero attached hydrogens (tertiary/aromatic N) is 5. The second-order valence-electron chi connectivity index (χ2n) is 15.7. The molecule has 19 heteroatoms. The van der Waals surface area contributed by atoms with Crippen LogP contribution in [0.25, 0.3) is 0 Å². The summed E-state index contributed by atoms with van der Waals surface area (Å²) in [6.45, 7) is 4.16. The Bertz CT molecular complexity index is 1880. The van der Waals surface area contributed by atoms with Crippen molar-refractivity contribution in [3.05, 3.63) is 41.7 Å². The van der Waals surface area contributed by atoms with Crippen molar-refractivity contribution in [2.45, 2.75) is 106 Å². The third-order valence-corrected chi connectivity index (χ3v) is 14.3. The Balaban J connectivity index is 1.29. The molecule has 56 heavy (non-hydrogen) atoms. The van der Waals surface area contributed by atoms with Gasteiger partial charge in [0.2, 0.25) is 27.6 Å². The number of aromatic nitrogens is 3. The Labute approximate surface area is 330 Å². The molecule has 4 amide bonds. The molecule has 2 aromatic rings. The average Bonchev–Trinajstić information content (AvgIpc) is 3.87. The van der Waals surface area contributed by atoms with Crippen LogP contribution in [0.3, 0.4) is 0 Å². The maximum atomic E-state index is 14.9. The molecule has 6 rings (SSSR count). The Kier molecular flexibility index (Phi) is 12.9. The molecule has 4 heterocycles. The summed E-state index contributed by atoms with van der Waals surface area (Å²) in [4.78, 5) is 70.0. The van der Waals surface area contributed by atoms with Crippen molar-refractivity contribution >= 4 is 51.2 Å². The first-order chi connectivity index (χ1) is 26.6. The standard InChI is InChI=1S/C37H52N8O9S2/c1-36(2,51)30-22-39-42-45(30)26-21-29(34(49)41-37(31(46)32(38)47)12-18-55-19-13-37)44(23-26)35(50)28(20-24-6-4-3-5-7-24)40-33(48)25-8-10-27(11-9-25)56(52,53)43-14-16-54-17-15-43/h8-11,22,24,26,28-29,51H,3-7,12-21,23H2,1-2H3,(H2,38,47)(H,40,48)(H,41,49)/t26?,28-,29?/m1/s1. The first-order valence-electron chi connectivity index (χ1n) is 19.3. The molecule has 1 aromatic heterocycles. The highest BCUT2D eigenvalue weighted by atomic mass is 32.2. The zero-order chi connectivity index (χ0) is 40.3. The normalized spacial score (nSPS) is 22.9. The molecule has 1 aliphatic carbocycles. The van der Waals surface area contributed by atoms with E-state index in [0.717, 1.165) is 32.1 Å². The summed E-state index contributed by atoms with van der Waals surface area (Å²) >= 11 is 1.59. The molecule has 3 atom stereocenters. The second-order valence-corrected chi connectivity index (χ2v) is 18.9. The van der Waals surface area contributed by atoms with Crippen LogP contribution in [0, 0.1) is 5.92 Å². The molecular formula is C37H52N8O9S2. The van der Waals surface area contributed by atoms with Gasteiger partial charge in [0.05, 0.1) is 36.0 Å². The highest BCUT2D eigenvalue weighted by molar-refractivity contribution is 7.99. The van der Waals surface area contributed by atoms with E-state index in [1.165, 1.54) is 44.3 Å². The Morgan fingerprint density at radius 2 is 1.71 bits per heavy atom. The zero-order valence-electron chi connectivity index (χ0n) is 31.9.